The number of nitrogens with one attached hydrogen (secondary N) is 2. The van der Waals surface area contributed by atoms with Crippen LogP contribution < -0.4 is 10.6 Å². The second-order valence-corrected chi connectivity index (χ2v) is 8.38. The number of piperidine rings is 1. The van der Waals surface area contributed by atoms with Crippen LogP contribution in [0.25, 0.3) is 0 Å². The number of hydrogen-bond donors (Lipinski definition) is 2. The number of ether oxygens (including phenoxy) is 1. The lowest BCUT2D eigenvalue weighted by molar-refractivity contribution is -0.122. The zero-order valence-corrected chi connectivity index (χ0v) is 17.7. The molecule has 1 atom stereocenters. The normalized spacial score (nSPS) is 21.1. The van der Waals surface area contributed by atoms with Gasteiger partial charge in [-0.1, -0.05) is 30.7 Å². The lowest BCUT2D eigenvalue weighted by Crippen LogP contribution is -2.45. The molecule has 2 saturated heterocycles. The first-order valence-corrected chi connectivity index (χ1v) is 10.3. The molecule has 0 aliphatic carbocycles. The summed E-state index contributed by atoms with van der Waals surface area (Å²) in [4.78, 5) is 12.6. The first-order valence-electron chi connectivity index (χ1n) is 9.90. The van der Waals surface area contributed by atoms with Gasteiger partial charge in [0.1, 0.15) is 0 Å². The Morgan fingerprint density at radius 3 is 2.52 bits per heavy atom. The summed E-state index contributed by atoms with van der Waals surface area (Å²) >= 11 is 6.06. The van der Waals surface area contributed by atoms with Crippen LogP contribution in [-0.4, -0.2) is 38.8 Å². The lowest BCUT2D eigenvalue weighted by Gasteiger charge is -2.38. The Morgan fingerprint density at radius 1 is 1.26 bits per heavy atom. The zero-order chi connectivity index (χ0) is 18.4. The molecule has 1 aromatic carbocycles. The van der Waals surface area contributed by atoms with E-state index in [4.69, 9.17) is 16.3 Å². The fourth-order valence-electron chi connectivity index (χ4n) is 4.35. The van der Waals surface area contributed by atoms with E-state index in [2.05, 4.69) is 29.7 Å². The van der Waals surface area contributed by atoms with E-state index >= 15 is 0 Å². The van der Waals surface area contributed by atoms with Gasteiger partial charge in [0.05, 0.1) is 0 Å². The third kappa shape index (κ3) is 6.08. The average molecular weight is 415 g/mol. The van der Waals surface area contributed by atoms with E-state index in [0.29, 0.717) is 24.8 Å². The predicted molar refractivity (Wildman–Crippen MR) is 113 cm³/mol. The summed E-state index contributed by atoms with van der Waals surface area (Å²) in [6, 6.07) is 8.07. The zero-order valence-electron chi connectivity index (χ0n) is 16.1. The van der Waals surface area contributed by atoms with E-state index < -0.39 is 0 Å². The van der Waals surface area contributed by atoms with Crippen molar-refractivity contribution >= 4 is 29.9 Å². The molecular weight excluding hydrogens is 383 g/mol. The number of rotatable bonds is 6. The Hall–Kier alpha value is -0.810. The van der Waals surface area contributed by atoms with Gasteiger partial charge in [-0.25, -0.2) is 0 Å². The fourth-order valence-corrected chi connectivity index (χ4v) is 4.47. The predicted octanol–water partition coefficient (Wildman–Crippen LogP) is 3.95. The van der Waals surface area contributed by atoms with Gasteiger partial charge in [0.25, 0.3) is 0 Å². The van der Waals surface area contributed by atoms with E-state index in [-0.39, 0.29) is 23.7 Å². The van der Waals surface area contributed by atoms with Gasteiger partial charge in [-0.05, 0) is 68.3 Å². The molecule has 6 heteroatoms. The number of amides is 1. The Bertz CT molecular complexity index is 582. The van der Waals surface area contributed by atoms with E-state index in [1.807, 2.05) is 12.1 Å². The van der Waals surface area contributed by atoms with E-state index in [0.717, 1.165) is 44.2 Å². The molecule has 27 heavy (non-hydrogen) atoms. The molecule has 152 valence electrons. The number of benzene rings is 1. The Labute approximate surface area is 174 Å². The first-order chi connectivity index (χ1) is 12.6. The maximum atomic E-state index is 12.6. The third-order valence-corrected chi connectivity index (χ3v) is 6.48. The SMILES string of the molecule is CC(CC(=O)NCC1(c2ccc(Cl)cc2)CCOCC1)C1CCNCC1.Cl. The largest absolute Gasteiger partial charge is 0.381 e. The molecule has 0 radical (unpaired) electrons. The van der Waals surface area contributed by atoms with Gasteiger partial charge in [-0.3, -0.25) is 4.79 Å². The van der Waals surface area contributed by atoms with Crippen molar-refractivity contribution in [3.8, 4) is 0 Å². The summed E-state index contributed by atoms with van der Waals surface area (Å²) < 4.78 is 5.58. The van der Waals surface area contributed by atoms with Gasteiger partial charge in [0.15, 0.2) is 0 Å². The summed E-state index contributed by atoms with van der Waals surface area (Å²) in [7, 11) is 0. The third-order valence-electron chi connectivity index (χ3n) is 6.23. The van der Waals surface area contributed by atoms with Crippen LogP contribution in [-0.2, 0) is 14.9 Å². The number of carbonyl (C=O) groups is 1. The van der Waals surface area contributed by atoms with Crippen LogP contribution in [0.4, 0.5) is 0 Å². The molecule has 0 aromatic heterocycles. The molecule has 2 aliphatic heterocycles. The molecule has 1 aromatic rings. The highest BCUT2D eigenvalue weighted by atomic mass is 35.5. The molecule has 2 aliphatic rings. The van der Waals surface area contributed by atoms with Gasteiger partial charge in [-0.15, -0.1) is 12.4 Å². The monoisotopic (exact) mass is 414 g/mol. The molecule has 0 spiro atoms. The van der Waals surface area contributed by atoms with Crippen molar-refractivity contribution in [1.82, 2.24) is 10.6 Å². The van der Waals surface area contributed by atoms with Gasteiger partial charge in [-0.2, -0.15) is 0 Å². The number of carbonyl (C=O) groups excluding carboxylic acids is 1. The molecule has 2 fully saturated rings. The van der Waals surface area contributed by atoms with Crippen LogP contribution in [0.2, 0.25) is 5.02 Å². The summed E-state index contributed by atoms with van der Waals surface area (Å²) in [5, 5.41) is 7.38. The van der Waals surface area contributed by atoms with Gasteiger partial charge < -0.3 is 15.4 Å². The van der Waals surface area contributed by atoms with E-state index in [9.17, 15) is 4.79 Å². The van der Waals surface area contributed by atoms with Crippen molar-refractivity contribution in [2.45, 2.75) is 44.4 Å². The minimum absolute atomic E-state index is 0. The first kappa shape index (κ1) is 22.5. The standard InChI is InChI=1S/C21H31ClN2O2.ClH/c1-16(17-6-10-23-11-7-17)14-20(25)24-15-21(8-12-26-13-9-21)18-2-4-19(22)5-3-18;/h2-5,16-17,23H,6-15H2,1H3,(H,24,25);1H. The van der Waals surface area contributed by atoms with Crippen molar-refractivity contribution in [2.75, 3.05) is 32.8 Å². The summed E-state index contributed by atoms with van der Waals surface area (Å²) in [5.41, 5.74) is 1.20. The van der Waals surface area contributed by atoms with Crippen LogP contribution in [0.1, 0.15) is 44.6 Å². The molecular formula is C21H32Cl2N2O2. The van der Waals surface area contributed by atoms with Crippen molar-refractivity contribution in [2.24, 2.45) is 11.8 Å². The van der Waals surface area contributed by atoms with Gasteiger partial charge >= 0.3 is 0 Å². The molecule has 0 saturated carbocycles. The van der Waals surface area contributed by atoms with Crippen LogP contribution in [0, 0.1) is 11.8 Å². The average Bonchev–Trinajstić information content (AvgIpc) is 2.68. The Balaban J connectivity index is 0.00000261. The molecule has 0 bridgehead atoms. The molecule has 1 unspecified atom stereocenters. The highest BCUT2D eigenvalue weighted by molar-refractivity contribution is 6.30. The number of hydrogen-bond acceptors (Lipinski definition) is 3. The van der Waals surface area contributed by atoms with Crippen molar-refractivity contribution in [3.63, 3.8) is 0 Å². The molecule has 2 heterocycles. The summed E-state index contributed by atoms with van der Waals surface area (Å²) in [6.45, 7) is 6.54. The van der Waals surface area contributed by atoms with Crippen LogP contribution >= 0.6 is 24.0 Å². The lowest BCUT2D eigenvalue weighted by atomic mass is 9.74. The highest BCUT2D eigenvalue weighted by Crippen LogP contribution is 2.35. The fraction of sp³-hybridized carbons (Fsp3) is 0.667. The van der Waals surface area contributed by atoms with E-state index in [1.54, 1.807) is 0 Å². The van der Waals surface area contributed by atoms with Gasteiger partial charge in [0, 0.05) is 36.6 Å². The summed E-state index contributed by atoms with van der Waals surface area (Å²) in [5.74, 6) is 1.28. The van der Waals surface area contributed by atoms with Crippen LogP contribution in [0.5, 0.6) is 0 Å². The molecule has 4 nitrogen and oxygen atoms in total. The highest BCUT2D eigenvalue weighted by Gasteiger charge is 2.35. The van der Waals surface area contributed by atoms with Crippen LogP contribution in [0.3, 0.4) is 0 Å². The van der Waals surface area contributed by atoms with Crippen LogP contribution in [0.15, 0.2) is 24.3 Å². The Kier molecular flexibility index (Phi) is 8.87. The van der Waals surface area contributed by atoms with Crippen molar-refractivity contribution in [3.05, 3.63) is 34.9 Å². The second kappa shape index (κ2) is 10.7. The maximum Gasteiger partial charge on any atom is 0.220 e. The van der Waals surface area contributed by atoms with E-state index in [1.165, 1.54) is 18.4 Å². The Morgan fingerprint density at radius 2 is 1.89 bits per heavy atom. The molecule has 1 amide bonds. The molecule has 2 N–H and O–H groups in total. The van der Waals surface area contributed by atoms with Crippen molar-refractivity contribution < 1.29 is 9.53 Å². The smallest absolute Gasteiger partial charge is 0.220 e. The molecule has 3 rings (SSSR count). The van der Waals surface area contributed by atoms with Crippen molar-refractivity contribution in [1.29, 1.82) is 0 Å². The quantitative estimate of drug-likeness (QED) is 0.740. The minimum atomic E-state index is -0.0451. The minimum Gasteiger partial charge on any atom is -0.381 e. The van der Waals surface area contributed by atoms with Gasteiger partial charge in [0.2, 0.25) is 5.91 Å². The topological polar surface area (TPSA) is 50.4 Å². The second-order valence-electron chi connectivity index (χ2n) is 7.95. The summed E-state index contributed by atoms with van der Waals surface area (Å²) in [6.07, 6.45) is 4.84. The maximum absolute atomic E-state index is 12.6. The number of halogens is 2.